The van der Waals surface area contributed by atoms with Crippen molar-refractivity contribution in [2.75, 3.05) is 6.54 Å². The zero-order valence-electron chi connectivity index (χ0n) is 19.7. The molecular weight excluding hydrogens is 428 g/mol. The summed E-state index contributed by atoms with van der Waals surface area (Å²) >= 11 is 0. The van der Waals surface area contributed by atoms with Crippen molar-refractivity contribution in [1.29, 1.82) is 0 Å². The summed E-state index contributed by atoms with van der Waals surface area (Å²) in [6.45, 7) is 5.94. The molecule has 33 heavy (non-hydrogen) atoms. The van der Waals surface area contributed by atoms with Gasteiger partial charge in [-0.15, -0.1) is 0 Å². The van der Waals surface area contributed by atoms with Crippen LogP contribution in [0.5, 0.6) is 0 Å². The summed E-state index contributed by atoms with van der Waals surface area (Å²) in [6, 6.07) is 1.32. The van der Waals surface area contributed by atoms with Gasteiger partial charge in [0.1, 0.15) is 5.60 Å². The molecule has 0 unspecified atom stereocenters. The number of nitrogens with one attached hydrogen (secondary N) is 2. The normalized spacial score (nSPS) is 25.8. The van der Waals surface area contributed by atoms with Crippen LogP contribution in [0.2, 0.25) is 0 Å². The van der Waals surface area contributed by atoms with Crippen LogP contribution in [0, 0.1) is 5.92 Å². The van der Waals surface area contributed by atoms with Gasteiger partial charge in [0.15, 0.2) is 0 Å². The van der Waals surface area contributed by atoms with E-state index in [2.05, 4.69) is 10.3 Å². The number of H-pyrrole nitrogens is 1. The number of hydrogen-bond donors (Lipinski definition) is 3. The lowest BCUT2D eigenvalue weighted by Crippen LogP contribution is -2.48. The van der Waals surface area contributed by atoms with Crippen molar-refractivity contribution < 1.29 is 19.4 Å². The number of rotatable bonds is 5. The molecule has 184 valence electrons. The first-order valence-electron chi connectivity index (χ1n) is 11.8. The number of carbonyl (C=O) groups excluding carboxylic acids is 1. The van der Waals surface area contributed by atoms with Gasteiger partial charge < -0.3 is 20.1 Å². The molecule has 0 atom stereocenters. The Morgan fingerprint density at radius 2 is 1.76 bits per heavy atom. The van der Waals surface area contributed by atoms with Gasteiger partial charge in [0.25, 0.3) is 5.56 Å². The number of hydrogen-bond acceptors (Lipinski definition) is 5. The van der Waals surface area contributed by atoms with E-state index in [-0.39, 0.29) is 24.0 Å². The molecule has 10 nitrogen and oxygen atoms in total. The standard InChI is InChI=1S/C23H36N4O6/c1-23(2,3)33-21(30)24-16-6-10-18(11-7-16)27(22(31)32)14-15-4-8-17(9-5-15)26-13-12-19(28)25-20(26)29/h12-13,15-18H,4-11,14H2,1-3H3,(H,24,30)(H,31,32)(H,25,28,29). The topological polar surface area (TPSA) is 134 Å². The van der Waals surface area contributed by atoms with Crippen LogP contribution < -0.4 is 16.6 Å². The highest BCUT2D eigenvalue weighted by atomic mass is 16.6. The van der Waals surface area contributed by atoms with Crippen LogP contribution in [-0.2, 0) is 4.74 Å². The molecular formula is C23H36N4O6. The van der Waals surface area contributed by atoms with E-state index in [0.717, 1.165) is 38.5 Å². The Kier molecular flexibility index (Phi) is 7.86. The summed E-state index contributed by atoms with van der Waals surface area (Å²) in [5.41, 5.74) is -1.35. The summed E-state index contributed by atoms with van der Waals surface area (Å²) < 4.78 is 6.89. The highest BCUT2D eigenvalue weighted by molar-refractivity contribution is 5.68. The molecule has 3 N–H and O–H groups in total. The first-order chi connectivity index (χ1) is 15.5. The minimum Gasteiger partial charge on any atom is -0.465 e. The number of ether oxygens (including phenoxy) is 1. The van der Waals surface area contributed by atoms with Crippen LogP contribution in [-0.4, -0.2) is 56.0 Å². The molecule has 2 fully saturated rings. The molecule has 2 aliphatic carbocycles. The Morgan fingerprint density at radius 1 is 1.12 bits per heavy atom. The second-order valence-electron chi connectivity index (χ2n) is 10.3. The minimum atomic E-state index is -0.905. The van der Waals surface area contributed by atoms with Gasteiger partial charge in [0, 0.05) is 36.9 Å². The first kappa shape index (κ1) is 24.9. The highest BCUT2D eigenvalue weighted by Gasteiger charge is 2.33. The highest BCUT2D eigenvalue weighted by Crippen LogP contribution is 2.33. The van der Waals surface area contributed by atoms with E-state index in [1.165, 1.54) is 6.07 Å². The van der Waals surface area contributed by atoms with Gasteiger partial charge in [-0.05, 0) is 78.1 Å². The number of nitrogens with zero attached hydrogens (tertiary/aromatic N) is 2. The molecule has 2 amide bonds. The van der Waals surface area contributed by atoms with Crippen molar-refractivity contribution in [1.82, 2.24) is 19.8 Å². The predicted molar refractivity (Wildman–Crippen MR) is 122 cm³/mol. The van der Waals surface area contributed by atoms with Gasteiger partial charge in [0.05, 0.1) is 0 Å². The molecule has 2 saturated carbocycles. The van der Waals surface area contributed by atoms with Gasteiger partial charge in [-0.25, -0.2) is 14.4 Å². The van der Waals surface area contributed by atoms with E-state index in [0.29, 0.717) is 19.4 Å². The van der Waals surface area contributed by atoms with Crippen LogP contribution >= 0.6 is 0 Å². The largest absolute Gasteiger partial charge is 0.465 e. The molecule has 1 aromatic heterocycles. The summed E-state index contributed by atoms with van der Waals surface area (Å²) in [7, 11) is 0. The SMILES string of the molecule is CC(C)(C)OC(=O)NC1CCC(N(CC2CCC(n3ccc(=O)[nH]c3=O)CC2)C(=O)O)CC1. The number of carbonyl (C=O) groups is 2. The van der Waals surface area contributed by atoms with Gasteiger partial charge in [-0.2, -0.15) is 0 Å². The van der Waals surface area contributed by atoms with Crippen molar-refractivity contribution in [2.24, 2.45) is 5.92 Å². The molecule has 10 heteroatoms. The van der Waals surface area contributed by atoms with Crippen molar-refractivity contribution in [2.45, 2.75) is 95.9 Å². The number of alkyl carbamates (subject to hydrolysis) is 1. The number of amides is 2. The van der Waals surface area contributed by atoms with Crippen LogP contribution in [0.4, 0.5) is 9.59 Å². The van der Waals surface area contributed by atoms with Crippen molar-refractivity contribution in [3.05, 3.63) is 33.1 Å². The van der Waals surface area contributed by atoms with E-state index in [1.807, 2.05) is 20.8 Å². The van der Waals surface area contributed by atoms with Gasteiger partial charge in [-0.3, -0.25) is 14.3 Å². The Morgan fingerprint density at radius 3 is 2.30 bits per heavy atom. The summed E-state index contributed by atoms with van der Waals surface area (Å²) in [5, 5.41) is 12.7. The van der Waals surface area contributed by atoms with E-state index in [9.17, 15) is 24.3 Å². The fraction of sp³-hybridized carbons (Fsp3) is 0.739. The molecule has 0 bridgehead atoms. The molecule has 0 spiro atoms. The van der Waals surface area contributed by atoms with Gasteiger partial charge >= 0.3 is 17.9 Å². The lowest BCUT2D eigenvalue weighted by atomic mass is 9.84. The number of carboxylic acid groups (broad SMARTS) is 1. The summed E-state index contributed by atoms with van der Waals surface area (Å²) in [5.74, 6) is 0.244. The Bertz CT molecular complexity index is 933. The molecule has 3 rings (SSSR count). The first-order valence-corrected chi connectivity index (χ1v) is 11.8. The van der Waals surface area contributed by atoms with E-state index in [1.54, 1.807) is 15.7 Å². The second-order valence-corrected chi connectivity index (χ2v) is 10.3. The molecule has 0 aromatic carbocycles. The summed E-state index contributed by atoms with van der Waals surface area (Å²) in [4.78, 5) is 51.2. The maximum absolute atomic E-state index is 12.0. The fourth-order valence-electron chi connectivity index (χ4n) is 4.99. The van der Waals surface area contributed by atoms with Crippen LogP contribution in [0.15, 0.2) is 21.9 Å². The second kappa shape index (κ2) is 10.4. The van der Waals surface area contributed by atoms with Crippen molar-refractivity contribution in [3.8, 4) is 0 Å². The molecule has 1 aromatic rings. The maximum atomic E-state index is 12.0. The number of aromatic amines is 1. The van der Waals surface area contributed by atoms with Crippen molar-refractivity contribution >= 4 is 12.2 Å². The zero-order valence-corrected chi connectivity index (χ0v) is 19.7. The smallest absolute Gasteiger partial charge is 0.407 e. The van der Waals surface area contributed by atoms with Crippen molar-refractivity contribution in [3.63, 3.8) is 0 Å². The van der Waals surface area contributed by atoms with E-state index >= 15 is 0 Å². The predicted octanol–water partition coefficient (Wildman–Crippen LogP) is 3.08. The Balaban J connectivity index is 1.49. The monoisotopic (exact) mass is 464 g/mol. The van der Waals surface area contributed by atoms with E-state index < -0.39 is 29.0 Å². The van der Waals surface area contributed by atoms with Gasteiger partial charge in [-0.1, -0.05) is 0 Å². The number of aromatic nitrogens is 2. The minimum absolute atomic E-state index is 0.00203. The molecule has 1 heterocycles. The third-order valence-corrected chi connectivity index (χ3v) is 6.62. The molecule has 0 aliphatic heterocycles. The fourth-order valence-corrected chi connectivity index (χ4v) is 4.99. The molecule has 0 radical (unpaired) electrons. The third kappa shape index (κ3) is 7.10. The Hall–Kier alpha value is -2.78. The Labute approximate surface area is 193 Å². The lowest BCUT2D eigenvalue weighted by molar-refractivity contribution is 0.0466. The quantitative estimate of drug-likeness (QED) is 0.613. The average molecular weight is 465 g/mol. The maximum Gasteiger partial charge on any atom is 0.407 e. The molecule has 2 aliphatic rings. The van der Waals surface area contributed by atoms with Crippen LogP contribution in [0.1, 0.15) is 78.2 Å². The summed E-state index contributed by atoms with van der Waals surface area (Å²) in [6.07, 6.45) is 6.25. The van der Waals surface area contributed by atoms with Crippen LogP contribution in [0.25, 0.3) is 0 Å². The van der Waals surface area contributed by atoms with Gasteiger partial charge in [0.2, 0.25) is 0 Å². The third-order valence-electron chi connectivity index (χ3n) is 6.62. The average Bonchev–Trinajstić information content (AvgIpc) is 2.72. The van der Waals surface area contributed by atoms with E-state index in [4.69, 9.17) is 4.74 Å². The lowest BCUT2D eigenvalue weighted by Gasteiger charge is -2.39. The molecule has 0 saturated heterocycles. The van der Waals surface area contributed by atoms with Crippen LogP contribution in [0.3, 0.4) is 0 Å². The zero-order chi connectivity index (χ0) is 24.2.